The Kier molecular flexibility index (Phi) is 7.75. The van der Waals surface area contributed by atoms with Gasteiger partial charge in [0.1, 0.15) is 5.75 Å². The summed E-state index contributed by atoms with van der Waals surface area (Å²) in [7, 11) is 1.57. The molecule has 8 nitrogen and oxygen atoms in total. The quantitative estimate of drug-likeness (QED) is 0.650. The van der Waals surface area contributed by atoms with Crippen LogP contribution < -0.4 is 10.1 Å². The monoisotopic (exact) mass is 412 g/mol. The van der Waals surface area contributed by atoms with Crippen LogP contribution in [0.5, 0.6) is 5.75 Å². The second-order valence-electron chi connectivity index (χ2n) is 7.41. The number of methoxy groups -OCH3 is 1. The normalized spacial score (nSPS) is 16.0. The Labute approximate surface area is 176 Å². The van der Waals surface area contributed by atoms with Crippen LogP contribution in [0.2, 0.25) is 0 Å². The maximum absolute atomic E-state index is 12.3. The van der Waals surface area contributed by atoms with Crippen LogP contribution in [0.4, 0.5) is 5.69 Å². The van der Waals surface area contributed by atoms with Crippen LogP contribution >= 0.6 is 0 Å². The number of hydrogen-bond donors (Lipinski definition) is 2. The first-order valence-corrected chi connectivity index (χ1v) is 10.0. The van der Waals surface area contributed by atoms with Crippen LogP contribution in [0.15, 0.2) is 48.7 Å². The number of carboxylic acids is 1. The van der Waals surface area contributed by atoms with Gasteiger partial charge in [0.05, 0.1) is 18.7 Å². The number of amides is 1. The SMILES string of the molecule is COc1ccc(NC(=O)C[C@H](CN2CCN(Cc3ccccn3)CC2)C(=O)O)cc1. The zero-order valence-corrected chi connectivity index (χ0v) is 17.2. The van der Waals surface area contributed by atoms with Crippen molar-refractivity contribution < 1.29 is 19.4 Å². The smallest absolute Gasteiger partial charge is 0.308 e. The Morgan fingerprint density at radius 3 is 2.40 bits per heavy atom. The predicted molar refractivity (Wildman–Crippen MR) is 113 cm³/mol. The summed E-state index contributed by atoms with van der Waals surface area (Å²) in [6, 6.07) is 12.8. The van der Waals surface area contributed by atoms with E-state index in [0.29, 0.717) is 18.0 Å². The molecule has 1 fully saturated rings. The standard InChI is InChI=1S/C22H28N4O4/c1-30-20-7-5-18(6-8-20)24-21(27)14-17(22(28)29)15-25-10-12-26(13-11-25)16-19-4-2-3-9-23-19/h2-9,17H,10-16H2,1H3,(H,24,27)(H,28,29)/t17-/m1/s1. The average molecular weight is 412 g/mol. The van der Waals surface area contributed by atoms with E-state index in [1.807, 2.05) is 18.2 Å². The van der Waals surface area contributed by atoms with Crippen LogP contribution in [-0.4, -0.2) is 71.6 Å². The van der Waals surface area contributed by atoms with Crippen molar-refractivity contribution in [2.75, 3.05) is 45.2 Å². The molecular weight excluding hydrogens is 384 g/mol. The Bertz CT molecular complexity index is 821. The molecule has 0 saturated carbocycles. The van der Waals surface area contributed by atoms with Gasteiger partial charge in [-0.25, -0.2) is 0 Å². The topological polar surface area (TPSA) is 95.0 Å². The maximum Gasteiger partial charge on any atom is 0.308 e. The molecule has 0 spiro atoms. The van der Waals surface area contributed by atoms with E-state index in [0.717, 1.165) is 38.4 Å². The van der Waals surface area contributed by atoms with E-state index in [2.05, 4.69) is 20.1 Å². The summed E-state index contributed by atoms with van der Waals surface area (Å²) >= 11 is 0. The van der Waals surface area contributed by atoms with Crippen molar-refractivity contribution in [1.29, 1.82) is 0 Å². The number of hydrogen-bond acceptors (Lipinski definition) is 6. The lowest BCUT2D eigenvalue weighted by atomic mass is 10.0. The third kappa shape index (κ3) is 6.53. The number of aromatic nitrogens is 1. The van der Waals surface area contributed by atoms with Gasteiger partial charge in [-0.3, -0.25) is 24.4 Å². The molecule has 1 aliphatic heterocycles. The Balaban J connectivity index is 1.46. The Morgan fingerprint density at radius 2 is 1.80 bits per heavy atom. The fraction of sp³-hybridized carbons (Fsp3) is 0.409. The predicted octanol–water partition coefficient (Wildman–Crippen LogP) is 1.94. The molecule has 30 heavy (non-hydrogen) atoms. The number of carboxylic acid groups (broad SMARTS) is 1. The summed E-state index contributed by atoms with van der Waals surface area (Å²) in [6.07, 6.45) is 1.73. The van der Waals surface area contributed by atoms with Crippen LogP contribution in [0, 0.1) is 5.92 Å². The first kappa shape index (κ1) is 21.7. The molecular formula is C22H28N4O4. The van der Waals surface area contributed by atoms with Crippen molar-refractivity contribution in [2.24, 2.45) is 5.92 Å². The number of aliphatic carboxylic acids is 1. The number of ether oxygens (including phenoxy) is 1. The first-order chi connectivity index (χ1) is 14.5. The average Bonchev–Trinajstić information content (AvgIpc) is 2.76. The lowest BCUT2D eigenvalue weighted by molar-refractivity contribution is -0.144. The third-order valence-corrected chi connectivity index (χ3v) is 5.21. The number of pyridine rings is 1. The van der Waals surface area contributed by atoms with Gasteiger partial charge in [0.15, 0.2) is 0 Å². The molecule has 0 bridgehead atoms. The second kappa shape index (κ2) is 10.7. The van der Waals surface area contributed by atoms with E-state index in [1.54, 1.807) is 37.6 Å². The van der Waals surface area contributed by atoms with Crippen molar-refractivity contribution in [3.8, 4) is 5.75 Å². The van der Waals surface area contributed by atoms with Gasteiger partial charge in [0.2, 0.25) is 5.91 Å². The number of nitrogens with zero attached hydrogens (tertiary/aromatic N) is 3. The molecule has 2 aromatic rings. The van der Waals surface area contributed by atoms with Gasteiger partial charge in [-0.05, 0) is 36.4 Å². The number of carbonyl (C=O) groups is 2. The number of anilines is 1. The third-order valence-electron chi connectivity index (χ3n) is 5.21. The lowest BCUT2D eigenvalue weighted by Gasteiger charge is -2.35. The molecule has 1 saturated heterocycles. The van der Waals surface area contributed by atoms with Gasteiger partial charge < -0.3 is 15.2 Å². The molecule has 0 unspecified atom stereocenters. The molecule has 3 rings (SSSR count). The summed E-state index contributed by atoms with van der Waals surface area (Å²) in [5.41, 5.74) is 1.65. The van der Waals surface area contributed by atoms with Crippen molar-refractivity contribution in [1.82, 2.24) is 14.8 Å². The molecule has 1 atom stereocenters. The first-order valence-electron chi connectivity index (χ1n) is 10.0. The van der Waals surface area contributed by atoms with E-state index in [9.17, 15) is 14.7 Å². The Hall–Kier alpha value is -2.97. The highest BCUT2D eigenvalue weighted by atomic mass is 16.5. The number of rotatable bonds is 9. The summed E-state index contributed by atoms with van der Waals surface area (Å²) in [4.78, 5) is 32.8. The highest BCUT2D eigenvalue weighted by Crippen LogP contribution is 2.17. The molecule has 1 amide bonds. The second-order valence-corrected chi connectivity index (χ2v) is 7.41. The van der Waals surface area contributed by atoms with E-state index < -0.39 is 11.9 Å². The van der Waals surface area contributed by atoms with Crippen LogP contribution in [-0.2, 0) is 16.1 Å². The number of benzene rings is 1. The fourth-order valence-electron chi connectivity index (χ4n) is 3.50. The van der Waals surface area contributed by atoms with E-state index >= 15 is 0 Å². The van der Waals surface area contributed by atoms with Crippen molar-refractivity contribution >= 4 is 17.6 Å². The molecule has 1 aromatic carbocycles. The zero-order chi connectivity index (χ0) is 21.3. The van der Waals surface area contributed by atoms with Gasteiger partial charge in [-0.15, -0.1) is 0 Å². The highest BCUT2D eigenvalue weighted by molar-refractivity contribution is 5.93. The Morgan fingerprint density at radius 1 is 1.10 bits per heavy atom. The molecule has 160 valence electrons. The van der Waals surface area contributed by atoms with E-state index in [-0.39, 0.29) is 12.3 Å². The van der Waals surface area contributed by atoms with Gasteiger partial charge in [0, 0.05) is 57.6 Å². The van der Waals surface area contributed by atoms with Gasteiger partial charge in [-0.1, -0.05) is 6.07 Å². The number of piperazine rings is 1. The summed E-state index contributed by atoms with van der Waals surface area (Å²) in [5.74, 6) is -1.30. The molecule has 1 aliphatic rings. The molecule has 8 heteroatoms. The summed E-state index contributed by atoms with van der Waals surface area (Å²) < 4.78 is 5.09. The largest absolute Gasteiger partial charge is 0.497 e. The minimum Gasteiger partial charge on any atom is -0.497 e. The molecule has 2 heterocycles. The fourth-order valence-corrected chi connectivity index (χ4v) is 3.50. The van der Waals surface area contributed by atoms with Crippen molar-refractivity contribution in [3.63, 3.8) is 0 Å². The van der Waals surface area contributed by atoms with Crippen LogP contribution in [0.25, 0.3) is 0 Å². The molecule has 1 aromatic heterocycles. The lowest BCUT2D eigenvalue weighted by Crippen LogP contribution is -2.48. The highest BCUT2D eigenvalue weighted by Gasteiger charge is 2.26. The molecule has 2 N–H and O–H groups in total. The number of carbonyl (C=O) groups excluding carboxylic acids is 1. The van der Waals surface area contributed by atoms with Crippen molar-refractivity contribution in [2.45, 2.75) is 13.0 Å². The minimum atomic E-state index is -0.948. The van der Waals surface area contributed by atoms with E-state index in [1.165, 1.54) is 0 Å². The summed E-state index contributed by atoms with van der Waals surface area (Å²) in [6.45, 7) is 4.40. The van der Waals surface area contributed by atoms with E-state index in [4.69, 9.17) is 4.74 Å². The minimum absolute atomic E-state index is 0.0600. The summed E-state index contributed by atoms with van der Waals surface area (Å²) in [5, 5.41) is 12.4. The maximum atomic E-state index is 12.3. The van der Waals surface area contributed by atoms with Crippen LogP contribution in [0.3, 0.4) is 0 Å². The molecule has 0 aliphatic carbocycles. The molecule has 0 radical (unpaired) electrons. The zero-order valence-electron chi connectivity index (χ0n) is 17.2. The van der Waals surface area contributed by atoms with Gasteiger partial charge in [0.25, 0.3) is 0 Å². The van der Waals surface area contributed by atoms with Gasteiger partial charge >= 0.3 is 5.97 Å². The number of nitrogens with one attached hydrogen (secondary N) is 1. The van der Waals surface area contributed by atoms with Crippen LogP contribution in [0.1, 0.15) is 12.1 Å². The van der Waals surface area contributed by atoms with Crippen molar-refractivity contribution in [3.05, 3.63) is 54.4 Å². The van der Waals surface area contributed by atoms with Gasteiger partial charge in [-0.2, -0.15) is 0 Å².